The minimum atomic E-state index is -0.222. The van der Waals surface area contributed by atoms with Gasteiger partial charge in [0.15, 0.2) is 0 Å². The summed E-state index contributed by atoms with van der Waals surface area (Å²) in [5.74, 6) is 0.0101. The van der Waals surface area contributed by atoms with Crippen molar-refractivity contribution in [1.29, 1.82) is 0 Å². The number of benzene rings is 1. The summed E-state index contributed by atoms with van der Waals surface area (Å²) in [5, 5.41) is 0. The lowest BCUT2D eigenvalue weighted by molar-refractivity contribution is -0.143. The van der Waals surface area contributed by atoms with Gasteiger partial charge in [0.05, 0.1) is 11.5 Å². The van der Waals surface area contributed by atoms with Crippen LogP contribution in [0.5, 0.6) is 0 Å². The van der Waals surface area contributed by atoms with Gasteiger partial charge in [-0.1, -0.05) is 30.3 Å². The second-order valence-electron chi connectivity index (χ2n) is 6.14. The first-order valence-electron chi connectivity index (χ1n) is 7.66. The van der Waals surface area contributed by atoms with Crippen molar-refractivity contribution in [3.8, 4) is 0 Å². The molecule has 2 atom stereocenters. The van der Waals surface area contributed by atoms with E-state index in [1.165, 1.54) is 0 Å². The maximum atomic E-state index is 12.7. The number of piperidine rings is 1. The van der Waals surface area contributed by atoms with E-state index in [9.17, 15) is 4.79 Å². The Labute approximate surface area is 127 Å². The van der Waals surface area contributed by atoms with Gasteiger partial charge < -0.3 is 15.4 Å². The number of methoxy groups -OCH3 is 1. The Morgan fingerprint density at radius 3 is 2.76 bits per heavy atom. The first kappa shape index (κ1) is 16.0. The van der Waals surface area contributed by atoms with Crippen LogP contribution in [0.3, 0.4) is 0 Å². The van der Waals surface area contributed by atoms with Gasteiger partial charge in [0.2, 0.25) is 5.91 Å². The van der Waals surface area contributed by atoms with Crippen LogP contribution in [0, 0.1) is 5.92 Å². The summed E-state index contributed by atoms with van der Waals surface area (Å²) in [6.45, 7) is 3.92. The minimum Gasteiger partial charge on any atom is -0.377 e. The maximum absolute atomic E-state index is 12.7. The van der Waals surface area contributed by atoms with Crippen LogP contribution in [-0.4, -0.2) is 43.2 Å². The number of carbonyl (C=O) groups is 1. The Kier molecular flexibility index (Phi) is 5.37. The van der Waals surface area contributed by atoms with Crippen molar-refractivity contribution in [2.45, 2.75) is 31.8 Å². The molecule has 1 aromatic carbocycles. The van der Waals surface area contributed by atoms with E-state index in [-0.39, 0.29) is 17.4 Å². The van der Waals surface area contributed by atoms with Gasteiger partial charge >= 0.3 is 0 Å². The van der Waals surface area contributed by atoms with Gasteiger partial charge in [-0.05, 0) is 31.7 Å². The molecule has 1 aliphatic heterocycles. The highest BCUT2D eigenvalue weighted by Crippen LogP contribution is 2.25. The Morgan fingerprint density at radius 1 is 1.43 bits per heavy atom. The Morgan fingerprint density at radius 2 is 2.14 bits per heavy atom. The molecule has 1 amide bonds. The minimum absolute atomic E-state index is 0.147. The fourth-order valence-corrected chi connectivity index (χ4v) is 2.99. The molecule has 4 nitrogen and oxygen atoms in total. The lowest BCUT2D eigenvalue weighted by Crippen LogP contribution is -2.52. The molecular formula is C17H26N2O2. The van der Waals surface area contributed by atoms with Crippen LogP contribution in [0.2, 0.25) is 0 Å². The van der Waals surface area contributed by atoms with E-state index in [4.69, 9.17) is 10.5 Å². The van der Waals surface area contributed by atoms with E-state index in [1.807, 2.05) is 35.2 Å². The van der Waals surface area contributed by atoms with Gasteiger partial charge in [-0.2, -0.15) is 0 Å². The van der Waals surface area contributed by atoms with Crippen LogP contribution in [0.1, 0.15) is 25.3 Å². The van der Waals surface area contributed by atoms with Gasteiger partial charge in [-0.25, -0.2) is 0 Å². The van der Waals surface area contributed by atoms with Crippen molar-refractivity contribution in [1.82, 2.24) is 4.90 Å². The van der Waals surface area contributed by atoms with Crippen LogP contribution >= 0.6 is 0 Å². The molecule has 4 heteroatoms. The highest BCUT2D eigenvalue weighted by molar-refractivity contribution is 5.79. The Hall–Kier alpha value is -1.39. The van der Waals surface area contributed by atoms with Crippen molar-refractivity contribution in [3.63, 3.8) is 0 Å². The molecule has 2 N–H and O–H groups in total. The third kappa shape index (κ3) is 4.05. The average Bonchev–Trinajstić information content (AvgIpc) is 2.53. The second-order valence-corrected chi connectivity index (χ2v) is 6.14. The molecular weight excluding hydrogens is 264 g/mol. The van der Waals surface area contributed by atoms with Gasteiger partial charge in [-0.15, -0.1) is 0 Å². The van der Waals surface area contributed by atoms with E-state index in [0.717, 1.165) is 24.9 Å². The van der Waals surface area contributed by atoms with Gasteiger partial charge in [0.25, 0.3) is 0 Å². The third-order valence-corrected chi connectivity index (χ3v) is 4.42. The van der Waals surface area contributed by atoms with E-state index < -0.39 is 0 Å². The number of hydrogen-bond acceptors (Lipinski definition) is 3. The number of nitrogens with zero attached hydrogens (tertiary/aromatic N) is 1. The lowest BCUT2D eigenvalue weighted by Gasteiger charge is -2.40. The number of hydrogen-bond donors (Lipinski definition) is 1. The number of likely N-dealkylation sites (tertiary alicyclic amines) is 1. The van der Waals surface area contributed by atoms with Crippen LogP contribution < -0.4 is 5.73 Å². The van der Waals surface area contributed by atoms with E-state index in [0.29, 0.717) is 19.5 Å². The molecule has 2 rings (SSSR count). The molecule has 1 aromatic rings. The summed E-state index contributed by atoms with van der Waals surface area (Å²) in [5.41, 5.74) is 6.79. The van der Waals surface area contributed by atoms with Crippen LogP contribution in [0.15, 0.2) is 30.3 Å². The van der Waals surface area contributed by atoms with Crippen LogP contribution in [0.25, 0.3) is 0 Å². The summed E-state index contributed by atoms with van der Waals surface area (Å²) in [4.78, 5) is 14.7. The third-order valence-electron chi connectivity index (χ3n) is 4.42. The maximum Gasteiger partial charge on any atom is 0.227 e. The monoisotopic (exact) mass is 290 g/mol. The standard InChI is InChI=1S/C17H26N2O2/c1-17(21-2)9-6-10-19(13-17)16(20)15(12-18)11-14-7-4-3-5-8-14/h3-5,7-8,15H,6,9-13,18H2,1-2H3. The molecule has 1 saturated heterocycles. The van der Waals surface area contributed by atoms with Crippen molar-refractivity contribution < 1.29 is 9.53 Å². The molecule has 0 spiro atoms. The Bertz CT molecular complexity index is 463. The fourth-order valence-electron chi connectivity index (χ4n) is 2.99. The number of amides is 1. The highest BCUT2D eigenvalue weighted by Gasteiger charge is 2.35. The molecule has 1 heterocycles. The quantitative estimate of drug-likeness (QED) is 0.900. The van der Waals surface area contributed by atoms with Gasteiger partial charge in [0, 0.05) is 26.7 Å². The first-order chi connectivity index (χ1) is 10.1. The zero-order chi connectivity index (χ0) is 15.3. The second kappa shape index (κ2) is 7.05. The predicted octanol–water partition coefficient (Wildman–Crippen LogP) is 1.83. The molecule has 0 aliphatic carbocycles. The van der Waals surface area contributed by atoms with Crippen LogP contribution in [-0.2, 0) is 16.0 Å². The summed E-state index contributed by atoms with van der Waals surface area (Å²) >= 11 is 0. The molecule has 0 aromatic heterocycles. The summed E-state index contributed by atoms with van der Waals surface area (Å²) in [6.07, 6.45) is 2.69. The summed E-state index contributed by atoms with van der Waals surface area (Å²) in [7, 11) is 1.72. The molecule has 0 saturated carbocycles. The summed E-state index contributed by atoms with van der Waals surface area (Å²) in [6, 6.07) is 10.1. The average molecular weight is 290 g/mol. The molecule has 0 bridgehead atoms. The number of nitrogens with two attached hydrogens (primary N) is 1. The number of carbonyl (C=O) groups excluding carboxylic acids is 1. The number of rotatable bonds is 5. The molecule has 1 fully saturated rings. The number of ether oxygens (including phenoxy) is 1. The molecule has 0 radical (unpaired) electrons. The normalized spacial score (nSPS) is 23.9. The molecule has 21 heavy (non-hydrogen) atoms. The molecule has 1 aliphatic rings. The van der Waals surface area contributed by atoms with Gasteiger partial charge in [-0.3, -0.25) is 4.79 Å². The largest absolute Gasteiger partial charge is 0.377 e. The first-order valence-corrected chi connectivity index (χ1v) is 7.66. The zero-order valence-corrected chi connectivity index (χ0v) is 13.0. The highest BCUT2D eigenvalue weighted by atomic mass is 16.5. The molecule has 2 unspecified atom stereocenters. The molecule has 116 valence electrons. The van der Waals surface area contributed by atoms with Crippen molar-refractivity contribution >= 4 is 5.91 Å². The lowest BCUT2D eigenvalue weighted by atomic mass is 9.92. The topological polar surface area (TPSA) is 55.6 Å². The van der Waals surface area contributed by atoms with Crippen molar-refractivity contribution in [2.75, 3.05) is 26.7 Å². The van der Waals surface area contributed by atoms with Crippen molar-refractivity contribution in [2.24, 2.45) is 11.7 Å². The Balaban J connectivity index is 2.02. The summed E-state index contributed by atoms with van der Waals surface area (Å²) < 4.78 is 5.57. The SMILES string of the molecule is COC1(C)CCCN(C(=O)C(CN)Cc2ccccc2)C1. The van der Waals surface area contributed by atoms with E-state index in [2.05, 4.69) is 6.92 Å². The smallest absolute Gasteiger partial charge is 0.227 e. The van der Waals surface area contributed by atoms with E-state index >= 15 is 0 Å². The van der Waals surface area contributed by atoms with E-state index in [1.54, 1.807) is 7.11 Å². The van der Waals surface area contributed by atoms with Crippen molar-refractivity contribution in [3.05, 3.63) is 35.9 Å². The van der Waals surface area contributed by atoms with Gasteiger partial charge in [0.1, 0.15) is 0 Å². The predicted molar refractivity (Wildman–Crippen MR) is 83.9 cm³/mol. The van der Waals surface area contributed by atoms with Crippen LogP contribution in [0.4, 0.5) is 0 Å². The fraction of sp³-hybridized carbons (Fsp3) is 0.588. The zero-order valence-electron chi connectivity index (χ0n) is 13.0.